The molecule has 2 aromatic heterocycles. The summed E-state index contributed by atoms with van der Waals surface area (Å²) >= 11 is 1.66. The molecule has 5 nitrogen and oxygen atoms in total. The number of aromatic nitrogens is 4. The SMILES string of the molecule is Cc1ccc(-n2c(CNc3ccc(F)cc3)cnc2SCc2nc3c([nH]2)CCC=C3)cc1. The van der Waals surface area contributed by atoms with Crippen LogP contribution < -0.4 is 5.32 Å². The Balaban J connectivity index is 1.38. The van der Waals surface area contributed by atoms with Crippen molar-refractivity contribution in [2.75, 3.05) is 5.32 Å². The molecule has 0 spiro atoms. The lowest BCUT2D eigenvalue weighted by atomic mass is 10.1. The van der Waals surface area contributed by atoms with Gasteiger partial charge in [0.05, 0.1) is 29.9 Å². The van der Waals surface area contributed by atoms with Crippen LogP contribution >= 0.6 is 11.8 Å². The highest BCUT2D eigenvalue weighted by molar-refractivity contribution is 7.98. The van der Waals surface area contributed by atoms with E-state index < -0.39 is 0 Å². The highest BCUT2D eigenvalue weighted by Crippen LogP contribution is 2.28. The summed E-state index contributed by atoms with van der Waals surface area (Å²) in [6.07, 6.45) is 8.24. The second-order valence-corrected chi connectivity index (χ2v) is 8.78. The summed E-state index contributed by atoms with van der Waals surface area (Å²) in [5.41, 5.74) is 6.44. The minimum absolute atomic E-state index is 0.242. The maximum atomic E-state index is 13.2. The fourth-order valence-electron chi connectivity index (χ4n) is 3.76. The third-order valence-electron chi connectivity index (χ3n) is 5.45. The van der Waals surface area contributed by atoms with Crippen molar-refractivity contribution < 1.29 is 4.39 Å². The van der Waals surface area contributed by atoms with Crippen LogP contribution in [0.4, 0.5) is 10.1 Å². The number of thioether (sulfide) groups is 1. The molecule has 1 aliphatic carbocycles. The number of nitrogens with one attached hydrogen (secondary N) is 2. The van der Waals surface area contributed by atoms with E-state index in [0.29, 0.717) is 12.3 Å². The third kappa shape index (κ3) is 4.48. The molecule has 0 bridgehead atoms. The summed E-state index contributed by atoms with van der Waals surface area (Å²) in [6, 6.07) is 14.8. The summed E-state index contributed by atoms with van der Waals surface area (Å²) in [7, 11) is 0. The van der Waals surface area contributed by atoms with Crippen LogP contribution in [-0.4, -0.2) is 19.5 Å². The summed E-state index contributed by atoms with van der Waals surface area (Å²) in [6.45, 7) is 2.66. The molecule has 162 valence electrons. The fourth-order valence-corrected chi connectivity index (χ4v) is 4.64. The lowest BCUT2D eigenvalue weighted by molar-refractivity contribution is 0.628. The van der Waals surface area contributed by atoms with Crippen molar-refractivity contribution in [2.45, 2.75) is 37.2 Å². The van der Waals surface area contributed by atoms with Gasteiger partial charge in [0.1, 0.15) is 11.6 Å². The van der Waals surface area contributed by atoms with Crippen molar-refractivity contribution in [3.63, 3.8) is 0 Å². The van der Waals surface area contributed by atoms with Crippen LogP contribution in [0.15, 0.2) is 66.0 Å². The highest BCUT2D eigenvalue weighted by Gasteiger charge is 2.15. The zero-order valence-corrected chi connectivity index (χ0v) is 18.6. The fraction of sp³-hybridized carbons (Fsp3) is 0.200. The zero-order valence-electron chi connectivity index (χ0n) is 17.8. The van der Waals surface area contributed by atoms with Gasteiger partial charge in [0.15, 0.2) is 5.16 Å². The standard InChI is InChI=1S/C25H24FN5S/c1-17-6-12-20(13-7-17)31-21(14-27-19-10-8-18(26)9-11-19)15-28-25(31)32-16-24-29-22-4-2-3-5-23(22)30-24/h2,4,6-13,15,27H,3,5,14,16H2,1H3,(H,29,30). The van der Waals surface area contributed by atoms with Crippen molar-refractivity contribution in [3.8, 4) is 5.69 Å². The maximum Gasteiger partial charge on any atom is 0.173 e. The molecule has 0 unspecified atom stereocenters. The Morgan fingerprint density at radius 2 is 1.94 bits per heavy atom. The quantitative estimate of drug-likeness (QED) is 0.347. The lowest BCUT2D eigenvalue weighted by Gasteiger charge is -2.13. The average molecular weight is 446 g/mol. The first kappa shape index (κ1) is 20.6. The molecule has 4 aromatic rings. The van der Waals surface area contributed by atoms with Crippen molar-refractivity contribution in [1.29, 1.82) is 0 Å². The molecule has 2 heterocycles. The Morgan fingerprint density at radius 1 is 1.12 bits per heavy atom. The van der Waals surface area contributed by atoms with Gasteiger partial charge in [-0.05, 0) is 62.2 Å². The molecule has 0 radical (unpaired) electrons. The van der Waals surface area contributed by atoms with E-state index in [1.165, 1.54) is 23.4 Å². The van der Waals surface area contributed by atoms with Crippen LogP contribution in [0.3, 0.4) is 0 Å². The number of anilines is 1. The molecular weight excluding hydrogens is 421 g/mol. The number of aromatic amines is 1. The van der Waals surface area contributed by atoms with Gasteiger partial charge in [0, 0.05) is 17.1 Å². The van der Waals surface area contributed by atoms with Crippen molar-refractivity contribution in [3.05, 3.63) is 95.1 Å². The molecule has 0 aliphatic heterocycles. The molecule has 7 heteroatoms. The maximum absolute atomic E-state index is 13.2. The third-order valence-corrected chi connectivity index (χ3v) is 6.41. The molecule has 2 N–H and O–H groups in total. The van der Waals surface area contributed by atoms with E-state index in [2.05, 4.69) is 58.2 Å². The van der Waals surface area contributed by atoms with Crippen molar-refractivity contribution in [2.24, 2.45) is 0 Å². The van der Waals surface area contributed by atoms with Gasteiger partial charge in [-0.25, -0.2) is 14.4 Å². The molecule has 0 amide bonds. The second kappa shape index (κ2) is 9.04. The first-order valence-corrected chi connectivity index (χ1v) is 11.6. The Hall–Kier alpha value is -3.32. The predicted molar refractivity (Wildman–Crippen MR) is 128 cm³/mol. The van der Waals surface area contributed by atoms with E-state index in [0.717, 1.165) is 46.6 Å². The highest BCUT2D eigenvalue weighted by atomic mass is 32.2. The largest absolute Gasteiger partial charge is 0.379 e. The molecule has 32 heavy (non-hydrogen) atoms. The first-order chi connectivity index (χ1) is 15.7. The van der Waals surface area contributed by atoms with Crippen molar-refractivity contribution >= 4 is 23.5 Å². The Kier molecular flexibility index (Phi) is 5.81. The minimum atomic E-state index is -0.242. The molecule has 0 saturated carbocycles. The molecule has 0 fully saturated rings. The lowest BCUT2D eigenvalue weighted by Crippen LogP contribution is -2.07. The molecule has 1 aliphatic rings. The number of hydrogen-bond donors (Lipinski definition) is 2. The van der Waals surface area contributed by atoms with E-state index in [1.54, 1.807) is 23.9 Å². The summed E-state index contributed by atoms with van der Waals surface area (Å²) in [5, 5.41) is 4.28. The number of halogens is 1. The Labute approximate surface area is 190 Å². The number of hydrogen-bond acceptors (Lipinski definition) is 4. The number of H-pyrrole nitrogens is 1. The van der Waals surface area contributed by atoms with E-state index in [1.807, 2.05) is 6.20 Å². The number of benzene rings is 2. The number of imidazole rings is 2. The van der Waals surface area contributed by atoms with Crippen LogP contribution in [0.1, 0.15) is 34.9 Å². The van der Waals surface area contributed by atoms with Gasteiger partial charge < -0.3 is 10.3 Å². The molecular formula is C25H24FN5S. The average Bonchev–Trinajstić information content (AvgIpc) is 3.41. The van der Waals surface area contributed by atoms with E-state index in [4.69, 9.17) is 9.97 Å². The summed E-state index contributed by atoms with van der Waals surface area (Å²) < 4.78 is 15.4. The minimum Gasteiger partial charge on any atom is -0.379 e. The van der Waals surface area contributed by atoms with E-state index in [9.17, 15) is 4.39 Å². The van der Waals surface area contributed by atoms with Crippen LogP contribution in [0.25, 0.3) is 11.8 Å². The summed E-state index contributed by atoms with van der Waals surface area (Å²) in [5.74, 6) is 1.44. The Morgan fingerprint density at radius 3 is 2.72 bits per heavy atom. The molecule has 0 atom stereocenters. The van der Waals surface area contributed by atoms with Gasteiger partial charge in [0.2, 0.25) is 0 Å². The number of rotatable bonds is 7. The molecule has 0 saturated heterocycles. The van der Waals surface area contributed by atoms with Gasteiger partial charge in [-0.2, -0.15) is 0 Å². The number of aryl methyl sites for hydroxylation is 2. The Bertz CT molecular complexity index is 1240. The summed E-state index contributed by atoms with van der Waals surface area (Å²) in [4.78, 5) is 12.9. The van der Waals surface area contributed by atoms with Gasteiger partial charge in [-0.3, -0.25) is 4.57 Å². The van der Waals surface area contributed by atoms with Crippen LogP contribution in [0.5, 0.6) is 0 Å². The van der Waals surface area contributed by atoms with Crippen LogP contribution in [0, 0.1) is 12.7 Å². The van der Waals surface area contributed by atoms with Gasteiger partial charge in [-0.1, -0.05) is 35.5 Å². The number of allylic oxidation sites excluding steroid dienone is 1. The zero-order chi connectivity index (χ0) is 21.9. The molecule has 5 rings (SSSR count). The van der Waals surface area contributed by atoms with Gasteiger partial charge in [-0.15, -0.1) is 0 Å². The number of fused-ring (bicyclic) bond motifs is 1. The number of nitrogens with zero attached hydrogens (tertiary/aromatic N) is 3. The first-order valence-electron chi connectivity index (χ1n) is 10.7. The topological polar surface area (TPSA) is 58.5 Å². The van der Waals surface area contributed by atoms with Crippen LogP contribution in [0.2, 0.25) is 0 Å². The van der Waals surface area contributed by atoms with E-state index in [-0.39, 0.29) is 5.82 Å². The van der Waals surface area contributed by atoms with Crippen molar-refractivity contribution in [1.82, 2.24) is 19.5 Å². The molecule has 2 aromatic carbocycles. The smallest absolute Gasteiger partial charge is 0.173 e. The second-order valence-electron chi connectivity index (χ2n) is 7.84. The predicted octanol–water partition coefficient (Wildman–Crippen LogP) is 5.91. The monoisotopic (exact) mass is 445 g/mol. The van der Waals surface area contributed by atoms with Gasteiger partial charge in [0.25, 0.3) is 0 Å². The van der Waals surface area contributed by atoms with E-state index >= 15 is 0 Å². The normalized spacial score (nSPS) is 12.7. The van der Waals surface area contributed by atoms with Crippen LogP contribution in [-0.2, 0) is 18.7 Å². The van der Waals surface area contributed by atoms with Gasteiger partial charge >= 0.3 is 0 Å².